The number of rotatable bonds is 6. The van der Waals surface area contributed by atoms with E-state index in [1.54, 1.807) is 12.1 Å². The minimum atomic E-state index is -1.01. The van der Waals surface area contributed by atoms with Crippen LogP contribution >= 0.6 is 0 Å². The van der Waals surface area contributed by atoms with Gasteiger partial charge in [-0.1, -0.05) is 19.9 Å². The standard InChI is InChI=1S/C16H20N2O3/c1-11(2)16(7-8-16)10-18-15(21)13-5-3-12(9-17-13)4-6-14(19)20/h3-6,9,11H,7-8,10H2,1-2H3,(H,18,21)(H,19,20)/b6-4+. The minimum absolute atomic E-state index is 0.185. The van der Waals surface area contributed by atoms with Gasteiger partial charge in [0.25, 0.3) is 5.91 Å². The monoisotopic (exact) mass is 288 g/mol. The van der Waals surface area contributed by atoms with E-state index >= 15 is 0 Å². The summed E-state index contributed by atoms with van der Waals surface area (Å²) >= 11 is 0. The van der Waals surface area contributed by atoms with Crippen molar-refractivity contribution in [1.29, 1.82) is 0 Å². The van der Waals surface area contributed by atoms with Gasteiger partial charge in [-0.3, -0.25) is 9.78 Å². The number of carboxylic acid groups (broad SMARTS) is 1. The smallest absolute Gasteiger partial charge is 0.328 e. The number of nitrogens with one attached hydrogen (secondary N) is 1. The lowest BCUT2D eigenvalue weighted by Crippen LogP contribution is -2.33. The van der Waals surface area contributed by atoms with Crippen molar-refractivity contribution in [3.8, 4) is 0 Å². The van der Waals surface area contributed by atoms with E-state index < -0.39 is 5.97 Å². The van der Waals surface area contributed by atoms with E-state index in [-0.39, 0.29) is 11.3 Å². The number of nitrogens with zero attached hydrogens (tertiary/aromatic N) is 1. The van der Waals surface area contributed by atoms with Crippen LogP contribution in [0.15, 0.2) is 24.4 Å². The third kappa shape index (κ3) is 3.90. The van der Waals surface area contributed by atoms with E-state index in [2.05, 4.69) is 24.1 Å². The van der Waals surface area contributed by atoms with Gasteiger partial charge in [0.15, 0.2) is 0 Å². The summed E-state index contributed by atoms with van der Waals surface area (Å²) < 4.78 is 0. The number of carbonyl (C=O) groups is 2. The maximum absolute atomic E-state index is 12.0. The summed E-state index contributed by atoms with van der Waals surface area (Å²) in [7, 11) is 0. The number of carboxylic acids is 1. The van der Waals surface area contributed by atoms with E-state index in [0.29, 0.717) is 23.7 Å². The fraction of sp³-hybridized carbons (Fsp3) is 0.438. The predicted octanol–water partition coefficient (Wildman–Crippen LogP) is 2.35. The largest absolute Gasteiger partial charge is 0.478 e. The van der Waals surface area contributed by atoms with Crippen molar-refractivity contribution in [2.45, 2.75) is 26.7 Å². The van der Waals surface area contributed by atoms with Crippen LogP contribution in [0.25, 0.3) is 6.08 Å². The van der Waals surface area contributed by atoms with Crippen LogP contribution in [-0.4, -0.2) is 28.5 Å². The van der Waals surface area contributed by atoms with Crippen LogP contribution in [0.4, 0.5) is 0 Å². The van der Waals surface area contributed by atoms with E-state index in [9.17, 15) is 9.59 Å². The summed E-state index contributed by atoms with van der Waals surface area (Å²) in [5, 5.41) is 11.5. The predicted molar refractivity (Wildman–Crippen MR) is 79.7 cm³/mol. The maximum Gasteiger partial charge on any atom is 0.328 e. The lowest BCUT2D eigenvalue weighted by Gasteiger charge is -2.19. The summed E-state index contributed by atoms with van der Waals surface area (Å²) in [6.07, 6.45) is 6.30. The molecule has 1 heterocycles. The van der Waals surface area contributed by atoms with Crippen molar-refractivity contribution in [3.63, 3.8) is 0 Å². The van der Waals surface area contributed by atoms with Gasteiger partial charge in [-0.15, -0.1) is 0 Å². The zero-order valence-electron chi connectivity index (χ0n) is 12.3. The number of hydrogen-bond donors (Lipinski definition) is 2. The Hall–Kier alpha value is -2.17. The highest BCUT2D eigenvalue weighted by molar-refractivity contribution is 5.92. The summed E-state index contributed by atoms with van der Waals surface area (Å²) in [6, 6.07) is 3.28. The van der Waals surface area contributed by atoms with Crippen LogP contribution in [0.3, 0.4) is 0 Å². The van der Waals surface area contributed by atoms with Gasteiger partial charge in [0, 0.05) is 18.8 Å². The Kier molecular flexibility index (Phi) is 4.40. The molecule has 1 fully saturated rings. The maximum atomic E-state index is 12.0. The molecule has 1 amide bonds. The van der Waals surface area contributed by atoms with Crippen LogP contribution in [0.1, 0.15) is 42.7 Å². The lowest BCUT2D eigenvalue weighted by molar-refractivity contribution is -0.131. The topological polar surface area (TPSA) is 79.3 Å². The molecule has 1 saturated carbocycles. The second-order valence-electron chi connectivity index (χ2n) is 5.85. The van der Waals surface area contributed by atoms with Crippen LogP contribution < -0.4 is 5.32 Å². The molecule has 1 aromatic rings. The molecule has 21 heavy (non-hydrogen) atoms. The first-order valence-corrected chi connectivity index (χ1v) is 7.08. The molecule has 5 nitrogen and oxygen atoms in total. The van der Waals surface area contributed by atoms with Crippen molar-refractivity contribution in [3.05, 3.63) is 35.7 Å². The number of amides is 1. The second-order valence-corrected chi connectivity index (χ2v) is 5.85. The summed E-state index contributed by atoms with van der Waals surface area (Å²) in [4.78, 5) is 26.5. The van der Waals surface area contributed by atoms with Crippen molar-refractivity contribution in [1.82, 2.24) is 10.3 Å². The highest BCUT2D eigenvalue weighted by atomic mass is 16.4. The Bertz CT molecular complexity index is 557. The molecule has 1 aliphatic rings. The average molecular weight is 288 g/mol. The van der Waals surface area contributed by atoms with E-state index in [1.165, 1.54) is 12.3 Å². The van der Waals surface area contributed by atoms with E-state index in [4.69, 9.17) is 5.11 Å². The van der Waals surface area contributed by atoms with Gasteiger partial charge in [0.1, 0.15) is 5.69 Å². The molecule has 2 rings (SSSR count). The third-order valence-electron chi connectivity index (χ3n) is 4.16. The lowest BCUT2D eigenvalue weighted by atomic mass is 9.92. The van der Waals surface area contributed by atoms with Crippen LogP contribution in [0.5, 0.6) is 0 Å². The van der Waals surface area contributed by atoms with Gasteiger partial charge < -0.3 is 10.4 Å². The number of pyridine rings is 1. The molecule has 0 unspecified atom stereocenters. The van der Waals surface area contributed by atoms with Crippen molar-refractivity contribution >= 4 is 18.0 Å². The first-order valence-electron chi connectivity index (χ1n) is 7.08. The quantitative estimate of drug-likeness (QED) is 0.787. The molecule has 0 bridgehead atoms. The van der Waals surface area contributed by atoms with Gasteiger partial charge in [-0.25, -0.2) is 4.79 Å². The molecule has 1 aromatic heterocycles. The Morgan fingerprint density at radius 2 is 2.14 bits per heavy atom. The van der Waals surface area contributed by atoms with Crippen LogP contribution in [-0.2, 0) is 4.79 Å². The molecule has 112 valence electrons. The van der Waals surface area contributed by atoms with Crippen LogP contribution in [0.2, 0.25) is 0 Å². The van der Waals surface area contributed by atoms with Crippen molar-refractivity contribution < 1.29 is 14.7 Å². The SMILES string of the molecule is CC(C)C1(CNC(=O)c2ccc(/C=C/C(=O)O)cn2)CC1. The third-order valence-corrected chi connectivity index (χ3v) is 4.16. The summed E-state index contributed by atoms with van der Waals surface area (Å²) in [5.41, 5.74) is 1.26. The number of aliphatic carboxylic acids is 1. The Morgan fingerprint density at radius 3 is 2.62 bits per heavy atom. The molecule has 1 aliphatic carbocycles. The van der Waals surface area contributed by atoms with Crippen LogP contribution in [0, 0.1) is 11.3 Å². The van der Waals surface area contributed by atoms with Crippen molar-refractivity contribution in [2.75, 3.05) is 6.54 Å². The van der Waals surface area contributed by atoms with Gasteiger partial charge in [0.05, 0.1) is 0 Å². The molecule has 0 aromatic carbocycles. The average Bonchev–Trinajstić information content (AvgIpc) is 3.24. The molecule has 0 saturated heterocycles. The molecule has 2 N–H and O–H groups in total. The number of carbonyl (C=O) groups excluding carboxylic acids is 1. The normalized spacial score (nSPS) is 16.1. The number of aromatic nitrogens is 1. The zero-order chi connectivity index (χ0) is 15.5. The molecule has 5 heteroatoms. The molecular weight excluding hydrogens is 268 g/mol. The summed E-state index contributed by atoms with van der Waals surface area (Å²) in [5.74, 6) is -0.634. The molecular formula is C16H20N2O3. The van der Waals surface area contributed by atoms with Gasteiger partial charge in [-0.2, -0.15) is 0 Å². The number of hydrogen-bond acceptors (Lipinski definition) is 3. The first-order chi connectivity index (χ1) is 9.93. The fourth-order valence-electron chi connectivity index (χ4n) is 2.27. The molecule has 0 atom stereocenters. The molecule has 0 aliphatic heterocycles. The highest BCUT2D eigenvalue weighted by Crippen LogP contribution is 2.51. The summed E-state index contributed by atoms with van der Waals surface area (Å²) in [6.45, 7) is 5.05. The van der Waals surface area contributed by atoms with Gasteiger partial charge in [0.2, 0.25) is 0 Å². The highest BCUT2D eigenvalue weighted by Gasteiger charge is 2.45. The molecule has 0 radical (unpaired) electrons. The van der Waals surface area contributed by atoms with Gasteiger partial charge >= 0.3 is 5.97 Å². The van der Waals surface area contributed by atoms with Gasteiger partial charge in [-0.05, 0) is 41.9 Å². The Balaban J connectivity index is 1.92. The Labute approximate surface area is 124 Å². The Morgan fingerprint density at radius 1 is 1.43 bits per heavy atom. The van der Waals surface area contributed by atoms with Crippen molar-refractivity contribution in [2.24, 2.45) is 11.3 Å². The molecule has 0 spiro atoms. The second kappa shape index (κ2) is 6.08. The van der Waals surface area contributed by atoms with E-state index in [1.807, 2.05) is 0 Å². The zero-order valence-corrected chi connectivity index (χ0v) is 12.3. The fourth-order valence-corrected chi connectivity index (χ4v) is 2.27. The minimum Gasteiger partial charge on any atom is -0.478 e. The first kappa shape index (κ1) is 15.2. The van der Waals surface area contributed by atoms with E-state index in [0.717, 1.165) is 18.9 Å².